The molecule has 104 valence electrons. The Labute approximate surface area is 115 Å². The van der Waals surface area contributed by atoms with E-state index in [-0.39, 0.29) is 6.04 Å². The minimum absolute atomic E-state index is 0.227. The van der Waals surface area contributed by atoms with Crippen LogP contribution in [0.5, 0.6) is 5.75 Å². The number of benzene rings is 1. The second-order valence-corrected chi connectivity index (χ2v) is 5.01. The smallest absolute Gasteiger partial charge is 0.119 e. The Morgan fingerprint density at radius 3 is 2.53 bits per heavy atom. The van der Waals surface area contributed by atoms with Gasteiger partial charge in [-0.3, -0.25) is 0 Å². The highest BCUT2D eigenvalue weighted by atomic mass is 16.5. The molecular weight excluding hydrogens is 236 g/mol. The Morgan fingerprint density at radius 2 is 1.95 bits per heavy atom. The highest BCUT2D eigenvalue weighted by molar-refractivity contribution is 5.29. The molecule has 1 atom stereocenters. The van der Waals surface area contributed by atoms with Crippen molar-refractivity contribution in [3.63, 3.8) is 0 Å². The number of hydrogen-bond acceptors (Lipinski definition) is 3. The van der Waals surface area contributed by atoms with Crippen LogP contribution >= 0.6 is 0 Å². The van der Waals surface area contributed by atoms with Gasteiger partial charge in [-0.2, -0.15) is 0 Å². The molecule has 0 amide bonds. The predicted molar refractivity (Wildman–Crippen MR) is 79.3 cm³/mol. The monoisotopic (exact) mass is 260 g/mol. The molecule has 3 nitrogen and oxygen atoms in total. The van der Waals surface area contributed by atoms with Crippen molar-refractivity contribution in [2.45, 2.75) is 38.3 Å². The molecule has 0 saturated heterocycles. The zero-order valence-electron chi connectivity index (χ0n) is 11.6. The normalized spacial score (nSPS) is 16.7. The molecule has 0 spiro atoms. The molecule has 19 heavy (non-hydrogen) atoms. The maximum Gasteiger partial charge on any atom is 0.119 e. The van der Waals surface area contributed by atoms with Gasteiger partial charge in [0.25, 0.3) is 0 Å². The van der Waals surface area contributed by atoms with Gasteiger partial charge in [-0.05, 0) is 37.0 Å². The summed E-state index contributed by atoms with van der Waals surface area (Å²) in [7, 11) is 0. The summed E-state index contributed by atoms with van der Waals surface area (Å²) in [5.41, 5.74) is 7.12. The number of nitrogens with one attached hydrogen (secondary N) is 1. The molecule has 0 aromatic heterocycles. The van der Waals surface area contributed by atoms with Gasteiger partial charge >= 0.3 is 0 Å². The summed E-state index contributed by atoms with van der Waals surface area (Å²) >= 11 is 0. The van der Waals surface area contributed by atoms with Crippen LogP contribution in [0.25, 0.3) is 0 Å². The van der Waals surface area contributed by atoms with Gasteiger partial charge in [-0.1, -0.05) is 31.2 Å². The first-order chi connectivity index (χ1) is 9.33. The molecule has 0 aliphatic heterocycles. The number of ether oxygens (including phenoxy) is 1. The SMILES string of the molecule is CCCOc1ccc(C(CN)NC2CC=CC2)cc1. The molecular formula is C16H24N2O. The van der Waals surface area contributed by atoms with Crippen LogP contribution < -0.4 is 15.8 Å². The highest BCUT2D eigenvalue weighted by Crippen LogP contribution is 2.20. The van der Waals surface area contributed by atoms with E-state index < -0.39 is 0 Å². The number of nitrogens with two attached hydrogens (primary N) is 1. The van der Waals surface area contributed by atoms with E-state index in [0.717, 1.165) is 31.6 Å². The number of hydrogen-bond donors (Lipinski definition) is 2. The van der Waals surface area contributed by atoms with Gasteiger partial charge < -0.3 is 15.8 Å². The third-order valence-electron chi connectivity index (χ3n) is 3.44. The fourth-order valence-electron chi connectivity index (χ4n) is 2.35. The molecule has 3 N–H and O–H groups in total. The standard InChI is InChI=1S/C16H24N2O/c1-2-11-19-15-9-7-13(8-10-15)16(12-17)18-14-5-3-4-6-14/h3-4,7-10,14,16,18H,2,5-6,11-12,17H2,1H3. The Hall–Kier alpha value is -1.32. The van der Waals surface area contributed by atoms with E-state index in [1.165, 1.54) is 5.56 Å². The summed E-state index contributed by atoms with van der Waals surface area (Å²) in [6, 6.07) is 9.04. The molecule has 1 aromatic carbocycles. The summed E-state index contributed by atoms with van der Waals surface area (Å²) in [4.78, 5) is 0. The minimum Gasteiger partial charge on any atom is -0.494 e. The molecule has 3 heteroatoms. The quantitative estimate of drug-likeness (QED) is 0.741. The van der Waals surface area contributed by atoms with E-state index in [0.29, 0.717) is 12.6 Å². The van der Waals surface area contributed by atoms with Crippen LogP contribution in [0.1, 0.15) is 37.8 Å². The molecule has 0 heterocycles. The lowest BCUT2D eigenvalue weighted by Gasteiger charge is -2.22. The van der Waals surface area contributed by atoms with Crippen molar-refractivity contribution < 1.29 is 4.74 Å². The summed E-state index contributed by atoms with van der Waals surface area (Å²) in [5, 5.41) is 3.62. The van der Waals surface area contributed by atoms with Crippen LogP contribution in [0.2, 0.25) is 0 Å². The van der Waals surface area contributed by atoms with Gasteiger partial charge in [-0.15, -0.1) is 0 Å². The van der Waals surface area contributed by atoms with Crippen LogP contribution in [-0.2, 0) is 0 Å². The van der Waals surface area contributed by atoms with Crippen molar-refractivity contribution in [3.8, 4) is 5.75 Å². The topological polar surface area (TPSA) is 47.3 Å². The largest absolute Gasteiger partial charge is 0.494 e. The fourth-order valence-corrected chi connectivity index (χ4v) is 2.35. The average Bonchev–Trinajstić information content (AvgIpc) is 2.96. The first-order valence-electron chi connectivity index (χ1n) is 7.17. The highest BCUT2D eigenvalue weighted by Gasteiger charge is 2.16. The Kier molecular flexibility index (Phi) is 5.43. The predicted octanol–water partition coefficient (Wildman–Crippen LogP) is 2.78. The van der Waals surface area contributed by atoms with Crippen LogP contribution in [0, 0.1) is 0 Å². The summed E-state index contributed by atoms with van der Waals surface area (Å²) < 4.78 is 5.60. The van der Waals surface area contributed by atoms with Crippen LogP contribution in [0.3, 0.4) is 0 Å². The Balaban J connectivity index is 1.93. The van der Waals surface area contributed by atoms with Gasteiger partial charge in [0, 0.05) is 18.6 Å². The lowest BCUT2D eigenvalue weighted by Crippen LogP contribution is -2.35. The molecule has 0 radical (unpaired) electrons. The van der Waals surface area contributed by atoms with Crippen molar-refractivity contribution in [2.24, 2.45) is 5.73 Å². The lowest BCUT2D eigenvalue weighted by atomic mass is 10.0. The first kappa shape index (κ1) is 14.1. The molecule has 1 aliphatic rings. The first-order valence-corrected chi connectivity index (χ1v) is 7.17. The van der Waals surface area contributed by atoms with Crippen molar-refractivity contribution in [1.29, 1.82) is 0 Å². The lowest BCUT2D eigenvalue weighted by molar-refractivity contribution is 0.317. The van der Waals surface area contributed by atoms with E-state index in [1.54, 1.807) is 0 Å². The number of rotatable bonds is 7. The molecule has 0 fully saturated rings. The molecule has 0 saturated carbocycles. The zero-order chi connectivity index (χ0) is 13.5. The summed E-state index contributed by atoms with van der Waals surface area (Å²) in [6.07, 6.45) is 7.70. The third-order valence-corrected chi connectivity index (χ3v) is 3.44. The van der Waals surface area contributed by atoms with E-state index in [2.05, 4.69) is 36.5 Å². The van der Waals surface area contributed by atoms with Crippen molar-refractivity contribution >= 4 is 0 Å². The summed E-state index contributed by atoms with van der Waals surface area (Å²) in [6.45, 7) is 3.50. The van der Waals surface area contributed by atoms with Crippen molar-refractivity contribution in [2.75, 3.05) is 13.2 Å². The van der Waals surface area contributed by atoms with Crippen LogP contribution in [-0.4, -0.2) is 19.2 Å². The van der Waals surface area contributed by atoms with Gasteiger partial charge in [0.1, 0.15) is 5.75 Å². The van der Waals surface area contributed by atoms with Gasteiger partial charge in [0.15, 0.2) is 0 Å². The van der Waals surface area contributed by atoms with Crippen molar-refractivity contribution in [1.82, 2.24) is 5.32 Å². The third kappa shape index (κ3) is 4.08. The second-order valence-electron chi connectivity index (χ2n) is 5.01. The van der Waals surface area contributed by atoms with E-state index in [9.17, 15) is 0 Å². The second kappa shape index (κ2) is 7.31. The zero-order valence-corrected chi connectivity index (χ0v) is 11.6. The molecule has 1 unspecified atom stereocenters. The van der Waals surface area contributed by atoms with E-state index in [4.69, 9.17) is 10.5 Å². The molecule has 0 bridgehead atoms. The maximum atomic E-state index is 5.89. The maximum absolute atomic E-state index is 5.89. The molecule has 1 aliphatic carbocycles. The molecule has 1 aromatic rings. The van der Waals surface area contributed by atoms with Crippen LogP contribution in [0.4, 0.5) is 0 Å². The average molecular weight is 260 g/mol. The minimum atomic E-state index is 0.227. The van der Waals surface area contributed by atoms with Gasteiger partial charge in [-0.25, -0.2) is 0 Å². The van der Waals surface area contributed by atoms with E-state index >= 15 is 0 Å². The van der Waals surface area contributed by atoms with Crippen LogP contribution in [0.15, 0.2) is 36.4 Å². The van der Waals surface area contributed by atoms with Gasteiger partial charge in [0.2, 0.25) is 0 Å². The van der Waals surface area contributed by atoms with Crippen molar-refractivity contribution in [3.05, 3.63) is 42.0 Å². The molecule has 2 rings (SSSR count). The Morgan fingerprint density at radius 1 is 1.26 bits per heavy atom. The fraction of sp³-hybridized carbons (Fsp3) is 0.500. The summed E-state index contributed by atoms with van der Waals surface area (Å²) in [5.74, 6) is 0.934. The van der Waals surface area contributed by atoms with E-state index in [1.807, 2.05) is 12.1 Å². The van der Waals surface area contributed by atoms with Gasteiger partial charge in [0.05, 0.1) is 6.61 Å². The Bertz CT molecular complexity index is 392.